The van der Waals surface area contributed by atoms with Crippen LogP contribution < -0.4 is 0 Å². The molecule has 0 aliphatic heterocycles. The van der Waals surface area contributed by atoms with E-state index >= 15 is 0 Å². The molecule has 2 atom stereocenters. The highest BCUT2D eigenvalue weighted by atomic mass is 19.2. The summed E-state index contributed by atoms with van der Waals surface area (Å²) in [5.74, 6) is -6.48. The second-order valence-corrected chi connectivity index (χ2v) is 6.23. The molecule has 4 aliphatic rings. The second kappa shape index (κ2) is 3.62. The third kappa shape index (κ3) is 1.11. The van der Waals surface area contributed by atoms with Crippen molar-refractivity contribution in [1.82, 2.24) is 0 Å². The van der Waals surface area contributed by atoms with Crippen LogP contribution in [0.25, 0.3) is 0 Å². The molecule has 0 radical (unpaired) electrons. The van der Waals surface area contributed by atoms with Crippen molar-refractivity contribution in [3.63, 3.8) is 0 Å². The minimum absolute atomic E-state index is 0.00569. The Morgan fingerprint density at radius 1 is 0.909 bits per heavy atom. The van der Waals surface area contributed by atoms with Crippen LogP contribution in [0.3, 0.4) is 0 Å². The Labute approximate surface area is 124 Å². The molecule has 2 aromatic rings. The van der Waals surface area contributed by atoms with Gasteiger partial charge in [-0.1, -0.05) is 30.4 Å². The van der Waals surface area contributed by atoms with Gasteiger partial charge in [-0.3, -0.25) is 0 Å². The fraction of sp³-hybridized carbons (Fsp3) is 0.222. The van der Waals surface area contributed by atoms with E-state index < -0.39 is 34.6 Å². The molecule has 4 heteroatoms. The second-order valence-electron chi connectivity index (χ2n) is 6.23. The topological polar surface area (TPSA) is 0 Å². The third-order valence-electron chi connectivity index (χ3n) is 5.39. The van der Waals surface area contributed by atoms with Crippen molar-refractivity contribution in [2.24, 2.45) is 0 Å². The quantitative estimate of drug-likeness (QED) is 0.291. The molecule has 22 heavy (non-hydrogen) atoms. The molecule has 110 valence electrons. The summed E-state index contributed by atoms with van der Waals surface area (Å²) in [6, 6.07) is 5.72. The number of hydrogen-bond acceptors (Lipinski definition) is 0. The van der Waals surface area contributed by atoms with E-state index in [4.69, 9.17) is 0 Å². The van der Waals surface area contributed by atoms with E-state index in [1.165, 1.54) is 0 Å². The molecule has 0 amide bonds. The van der Waals surface area contributed by atoms with Crippen molar-refractivity contribution in [2.45, 2.75) is 24.2 Å². The molecule has 0 nitrogen and oxygen atoms in total. The average Bonchev–Trinajstić information content (AvgIpc) is 2.92. The summed E-state index contributed by atoms with van der Waals surface area (Å²) >= 11 is 0. The molecule has 0 saturated carbocycles. The maximum atomic E-state index is 14.5. The van der Waals surface area contributed by atoms with Crippen molar-refractivity contribution in [3.05, 3.63) is 81.4 Å². The van der Waals surface area contributed by atoms with Gasteiger partial charge in [0.25, 0.3) is 0 Å². The van der Waals surface area contributed by atoms with Crippen molar-refractivity contribution in [3.8, 4) is 0 Å². The lowest BCUT2D eigenvalue weighted by Gasteiger charge is -2.43. The minimum atomic E-state index is -1.72. The minimum Gasteiger partial charge on any atom is -0.203 e. The number of rotatable bonds is 0. The summed E-state index contributed by atoms with van der Waals surface area (Å²) in [6.07, 6.45) is 4.91. The van der Waals surface area contributed by atoms with Crippen molar-refractivity contribution >= 4 is 0 Å². The maximum Gasteiger partial charge on any atom is 0.197 e. The van der Waals surface area contributed by atoms with Gasteiger partial charge in [0.15, 0.2) is 23.3 Å². The van der Waals surface area contributed by atoms with Gasteiger partial charge in [0.05, 0.1) is 0 Å². The largest absolute Gasteiger partial charge is 0.203 e. The molecule has 0 fully saturated rings. The van der Waals surface area contributed by atoms with Crippen LogP contribution in [0.4, 0.5) is 17.6 Å². The molecule has 1 spiro atoms. The van der Waals surface area contributed by atoms with E-state index in [2.05, 4.69) is 0 Å². The van der Waals surface area contributed by atoms with Gasteiger partial charge in [0, 0.05) is 22.5 Å². The molecule has 6 rings (SSSR count). The number of benzene rings is 2. The van der Waals surface area contributed by atoms with Gasteiger partial charge in [-0.05, 0) is 29.5 Å². The molecular formula is C18H10F4. The molecule has 2 aromatic carbocycles. The molecule has 0 saturated heterocycles. The number of aryl methyl sites for hydroxylation is 1. The Balaban J connectivity index is 1.99. The van der Waals surface area contributed by atoms with Gasteiger partial charge in [-0.25, -0.2) is 17.6 Å². The fourth-order valence-corrected chi connectivity index (χ4v) is 4.58. The standard InChI is InChI=1S/C18H10F4/c19-14-11-9-5-7-18(13(11)15(20)17(22)16(14)21)6-4-8-2-1-3-10(9)12(8)18/h1-3,5,7,9H,4,6H2. The predicted molar refractivity (Wildman–Crippen MR) is 72.8 cm³/mol. The third-order valence-corrected chi connectivity index (χ3v) is 5.39. The van der Waals surface area contributed by atoms with Crippen LogP contribution in [0.15, 0.2) is 30.4 Å². The SMILES string of the molecule is Fc1c(F)c(F)c2c(c1F)C1C=CC23CCc2cccc1c23. The normalized spacial score (nSPS) is 26.3. The Bertz CT molecular complexity index is 897. The van der Waals surface area contributed by atoms with Crippen molar-refractivity contribution in [2.75, 3.05) is 0 Å². The number of allylic oxidation sites excluding steroid dienone is 2. The highest BCUT2D eigenvalue weighted by Crippen LogP contribution is 2.59. The van der Waals surface area contributed by atoms with Crippen molar-refractivity contribution < 1.29 is 17.6 Å². The summed E-state index contributed by atoms with van der Waals surface area (Å²) in [6.45, 7) is 0. The number of hydrogen-bond donors (Lipinski definition) is 0. The first-order valence-electron chi connectivity index (χ1n) is 7.24. The van der Waals surface area contributed by atoms with E-state index in [1.54, 1.807) is 6.08 Å². The summed E-state index contributed by atoms with van der Waals surface area (Å²) < 4.78 is 56.4. The fourth-order valence-electron chi connectivity index (χ4n) is 4.58. The van der Waals surface area contributed by atoms with Gasteiger partial charge in [-0.2, -0.15) is 0 Å². The average molecular weight is 302 g/mol. The van der Waals surface area contributed by atoms with Gasteiger partial charge < -0.3 is 0 Å². The Kier molecular flexibility index (Phi) is 2.05. The van der Waals surface area contributed by atoms with Crippen LogP contribution in [0.1, 0.15) is 40.2 Å². The van der Waals surface area contributed by atoms with Crippen LogP contribution in [0, 0.1) is 23.3 Å². The van der Waals surface area contributed by atoms with Crippen molar-refractivity contribution in [1.29, 1.82) is 0 Å². The smallest absolute Gasteiger partial charge is 0.197 e. The van der Waals surface area contributed by atoms with E-state index in [0.29, 0.717) is 6.42 Å². The highest BCUT2D eigenvalue weighted by Gasteiger charge is 2.52. The Morgan fingerprint density at radius 3 is 2.50 bits per heavy atom. The molecule has 0 heterocycles. The van der Waals surface area contributed by atoms with E-state index in [1.807, 2.05) is 24.3 Å². The maximum absolute atomic E-state index is 14.5. The first kappa shape index (κ1) is 12.4. The Morgan fingerprint density at radius 2 is 1.68 bits per heavy atom. The summed E-state index contributed by atoms with van der Waals surface area (Å²) in [5, 5.41) is 0. The number of halogens is 4. The van der Waals surface area contributed by atoms with E-state index in [0.717, 1.165) is 23.1 Å². The highest BCUT2D eigenvalue weighted by molar-refractivity contribution is 5.69. The van der Waals surface area contributed by atoms with Gasteiger partial charge >= 0.3 is 0 Å². The van der Waals surface area contributed by atoms with Gasteiger partial charge in [-0.15, -0.1) is 0 Å². The van der Waals surface area contributed by atoms with Crippen LogP contribution >= 0.6 is 0 Å². The summed E-state index contributed by atoms with van der Waals surface area (Å²) in [7, 11) is 0. The zero-order valence-electron chi connectivity index (χ0n) is 11.4. The zero-order valence-corrected chi connectivity index (χ0v) is 11.4. The van der Waals surface area contributed by atoms with Gasteiger partial charge in [0.1, 0.15) is 0 Å². The van der Waals surface area contributed by atoms with Crippen LogP contribution in [-0.2, 0) is 11.8 Å². The lowest BCUT2D eigenvalue weighted by molar-refractivity contribution is 0.381. The molecule has 0 N–H and O–H groups in total. The van der Waals surface area contributed by atoms with Gasteiger partial charge in [0.2, 0.25) is 0 Å². The van der Waals surface area contributed by atoms with E-state index in [-0.39, 0.29) is 11.1 Å². The molecule has 4 aliphatic carbocycles. The van der Waals surface area contributed by atoms with Crippen LogP contribution in [0.2, 0.25) is 0 Å². The van der Waals surface area contributed by atoms with Crippen LogP contribution in [0.5, 0.6) is 0 Å². The first-order chi connectivity index (χ1) is 10.6. The zero-order chi connectivity index (χ0) is 15.2. The molecule has 2 bridgehead atoms. The summed E-state index contributed by atoms with van der Waals surface area (Å²) in [4.78, 5) is 0. The Hall–Kier alpha value is -2.10. The lowest BCUT2D eigenvalue weighted by Crippen LogP contribution is -2.37. The lowest BCUT2D eigenvalue weighted by atomic mass is 9.59. The molecular weight excluding hydrogens is 292 g/mol. The predicted octanol–water partition coefficient (Wildman–Crippen LogP) is 4.49. The molecule has 2 unspecified atom stereocenters. The van der Waals surface area contributed by atoms with Crippen LogP contribution in [-0.4, -0.2) is 0 Å². The van der Waals surface area contributed by atoms with E-state index in [9.17, 15) is 17.6 Å². The summed E-state index contributed by atoms with van der Waals surface area (Å²) in [5.41, 5.74) is 2.03. The monoisotopic (exact) mass is 302 g/mol. The first-order valence-corrected chi connectivity index (χ1v) is 7.24. The molecule has 0 aromatic heterocycles.